The summed E-state index contributed by atoms with van der Waals surface area (Å²) in [5.74, 6) is -0.574. The number of rotatable bonds is 5. The molecule has 1 atom stereocenters. The zero-order valence-electron chi connectivity index (χ0n) is 9.61. The van der Waals surface area contributed by atoms with E-state index in [9.17, 15) is 9.90 Å². The number of esters is 1. The summed E-state index contributed by atoms with van der Waals surface area (Å²) in [6.07, 6.45) is -0.940. The molecule has 0 amide bonds. The summed E-state index contributed by atoms with van der Waals surface area (Å²) < 4.78 is 4.61. The van der Waals surface area contributed by atoms with Crippen molar-refractivity contribution < 1.29 is 19.7 Å². The highest BCUT2D eigenvalue weighted by molar-refractivity contribution is 6.42. The van der Waals surface area contributed by atoms with E-state index in [0.29, 0.717) is 5.69 Å². The van der Waals surface area contributed by atoms with E-state index < -0.39 is 12.1 Å². The van der Waals surface area contributed by atoms with Gasteiger partial charge >= 0.3 is 5.97 Å². The third-order valence-corrected chi connectivity index (χ3v) is 2.93. The number of ether oxygens (including phenoxy) is 1. The number of halogens is 2. The molecule has 0 saturated heterocycles. The first-order valence-electron chi connectivity index (χ1n) is 5.09. The van der Waals surface area contributed by atoms with Crippen molar-refractivity contribution in [2.75, 3.05) is 25.6 Å². The summed E-state index contributed by atoms with van der Waals surface area (Å²) in [4.78, 5) is 11.5. The minimum Gasteiger partial charge on any atom is -0.465 e. The van der Waals surface area contributed by atoms with E-state index in [-0.39, 0.29) is 28.8 Å². The number of hydrogen-bond donors (Lipinski definition) is 3. The lowest BCUT2D eigenvalue weighted by Crippen LogP contribution is -2.24. The van der Waals surface area contributed by atoms with Crippen molar-refractivity contribution in [2.45, 2.75) is 6.10 Å². The van der Waals surface area contributed by atoms with E-state index in [4.69, 9.17) is 28.3 Å². The molecule has 100 valence electrons. The summed E-state index contributed by atoms with van der Waals surface area (Å²) >= 11 is 11.7. The van der Waals surface area contributed by atoms with Gasteiger partial charge in [-0.3, -0.25) is 0 Å². The molecular formula is C11H13Cl2NO4. The van der Waals surface area contributed by atoms with Gasteiger partial charge in [0.15, 0.2) is 0 Å². The molecule has 18 heavy (non-hydrogen) atoms. The zero-order chi connectivity index (χ0) is 13.7. The van der Waals surface area contributed by atoms with Crippen molar-refractivity contribution in [3.8, 4) is 0 Å². The Labute approximate surface area is 114 Å². The molecule has 0 heterocycles. The first kappa shape index (κ1) is 15.0. The van der Waals surface area contributed by atoms with Crippen LogP contribution >= 0.6 is 23.2 Å². The molecule has 0 aliphatic carbocycles. The van der Waals surface area contributed by atoms with Crippen molar-refractivity contribution in [3.63, 3.8) is 0 Å². The predicted octanol–water partition coefficient (Wildman–Crippen LogP) is 1.55. The maximum atomic E-state index is 11.5. The standard InChI is InChI=1S/C11H13Cl2NO4/c1-18-11(17)7-2-8(12)9(13)3-10(7)14-4-6(16)5-15/h2-3,6,14-16H,4-5H2,1H3. The fourth-order valence-corrected chi connectivity index (χ4v) is 1.59. The normalized spacial score (nSPS) is 12.1. The van der Waals surface area contributed by atoms with Crippen LogP contribution in [0.25, 0.3) is 0 Å². The Morgan fingerprint density at radius 2 is 2.06 bits per heavy atom. The summed E-state index contributed by atoms with van der Waals surface area (Å²) in [6.45, 7) is -0.319. The Kier molecular flexibility index (Phi) is 5.68. The van der Waals surface area contributed by atoms with Crippen LogP contribution in [-0.2, 0) is 4.74 Å². The minimum absolute atomic E-state index is 0.0679. The number of carbonyl (C=O) groups is 1. The monoisotopic (exact) mass is 293 g/mol. The molecule has 1 aromatic rings. The number of benzene rings is 1. The van der Waals surface area contributed by atoms with Crippen molar-refractivity contribution in [2.24, 2.45) is 0 Å². The maximum absolute atomic E-state index is 11.5. The van der Waals surface area contributed by atoms with Gasteiger partial charge in [0.25, 0.3) is 0 Å². The lowest BCUT2D eigenvalue weighted by molar-refractivity contribution is 0.0601. The average Bonchev–Trinajstić information content (AvgIpc) is 2.38. The Morgan fingerprint density at radius 3 is 2.61 bits per heavy atom. The smallest absolute Gasteiger partial charge is 0.340 e. The fraction of sp³-hybridized carbons (Fsp3) is 0.364. The second-order valence-corrected chi connectivity index (χ2v) is 4.34. The third kappa shape index (κ3) is 3.74. The molecule has 0 aliphatic rings. The van der Waals surface area contributed by atoms with Crippen molar-refractivity contribution >= 4 is 34.9 Å². The lowest BCUT2D eigenvalue weighted by Gasteiger charge is -2.14. The largest absolute Gasteiger partial charge is 0.465 e. The van der Waals surface area contributed by atoms with E-state index >= 15 is 0 Å². The predicted molar refractivity (Wildman–Crippen MR) is 69.4 cm³/mol. The first-order chi connectivity index (χ1) is 8.49. The van der Waals surface area contributed by atoms with E-state index in [1.54, 1.807) is 0 Å². The van der Waals surface area contributed by atoms with Crippen LogP contribution in [0.3, 0.4) is 0 Å². The van der Waals surface area contributed by atoms with Gasteiger partial charge in [0.2, 0.25) is 0 Å². The van der Waals surface area contributed by atoms with Crippen LogP contribution in [0.2, 0.25) is 10.0 Å². The lowest BCUT2D eigenvalue weighted by atomic mass is 10.1. The fourth-order valence-electron chi connectivity index (χ4n) is 1.26. The highest BCUT2D eigenvalue weighted by Gasteiger charge is 2.15. The maximum Gasteiger partial charge on any atom is 0.340 e. The third-order valence-electron chi connectivity index (χ3n) is 2.20. The van der Waals surface area contributed by atoms with E-state index in [2.05, 4.69) is 10.1 Å². The Morgan fingerprint density at radius 1 is 1.44 bits per heavy atom. The van der Waals surface area contributed by atoms with Crippen LogP contribution in [0.15, 0.2) is 12.1 Å². The molecule has 1 unspecified atom stereocenters. The van der Waals surface area contributed by atoms with Crippen LogP contribution in [0.4, 0.5) is 5.69 Å². The number of anilines is 1. The Hall–Kier alpha value is -1.01. The molecule has 0 saturated carbocycles. The van der Waals surface area contributed by atoms with Crippen LogP contribution in [0.1, 0.15) is 10.4 Å². The van der Waals surface area contributed by atoms with Gasteiger partial charge in [0, 0.05) is 6.54 Å². The molecule has 1 aromatic carbocycles. The molecule has 1 rings (SSSR count). The second kappa shape index (κ2) is 6.80. The first-order valence-corrected chi connectivity index (χ1v) is 5.85. The van der Waals surface area contributed by atoms with Gasteiger partial charge in [-0.15, -0.1) is 0 Å². The van der Waals surface area contributed by atoms with Crippen LogP contribution in [-0.4, -0.2) is 42.5 Å². The van der Waals surface area contributed by atoms with E-state index in [0.717, 1.165) is 0 Å². The number of methoxy groups -OCH3 is 1. The van der Waals surface area contributed by atoms with Crippen molar-refractivity contribution in [1.29, 1.82) is 0 Å². The molecule has 0 radical (unpaired) electrons. The Balaban J connectivity index is 3.00. The molecule has 3 N–H and O–H groups in total. The molecule has 0 bridgehead atoms. The van der Waals surface area contributed by atoms with Crippen LogP contribution in [0.5, 0.6) is 0 Å². The van der Waals surface area contributed by atoms with Gasteiger partial charge in [-0.1, -0.05) is 23.2 Å². The summed E-state index contributed by atoms with van der Waals surface area (Å²) in [5, 5.41) is 21.2. The molecule has 0 aliphatic heterocycles. The molecule has 0 aromatic heterocycles. The summed E-state index contributed by atoms with van der Waals surface area (Å²) in [5.41, 5.74) is 0.584. The van der Waals surface area contributed by atoms with E-state index in [1.165, 1.54) is 19.2 Å². The SMILES string of the molecule is COC(=O)c1cc(Cl)c(Cl)cc1NCC(O)CO. The molecular weight excluding hydrogens is 281 g/mol. The molecule has 7 heteroatoms. The minimum atomic E-state index is -0.940. The van der Waals surface area contributed by atoms with E-state index in [1.807, 2.05) is 0 Å². The highest BCUT2D eigenvalue weighted by atomic mass is 35.5. The number of nitrogens with one attached hydrogen (secondary N) is 1. The second-order valence-electron chi connectivity index (χ2n) is 3.52. The van der Waals surface area contributed by atoms with Gasteiger partial charge in [-0.05, 0) is 12.1 Å². The topological polar surface area (TPSA) is 78.8 Å². The zero-order valence-corrected chi connectivity index (χ0v) is 11.1. The molecule has 0 fully saturated rings. The van der Waals surface area contributed by atoms with Gasteiger partial charge in [-0.25, -0.2) is 4.79 Å². The summed E-state index contributed by atoms with van der Waals surface area (Å²) in [6, 6.07) is 2.84. The van der Waals surface area contributed by atoms with Crippen LogP contribution < -0.4 is 5.32 Å². The average molecular weight is 294 g/mol. The summed E-state index contributed by atoms with van der Waals surface area (Å²) in [7, 11) is 1.25. The van der Waals surface area contributed by atoms with Crippen molar-refractivity contribution in [1.82, 2.24) is 0 Å². The van der Waals surface area contributed by atoms with Gasteiger partial charge in [0.1, 0.15) is 0 Å². The Bertz CT molecular complexity index is 439. The number of carbonyl (C=O) groups excluding carboxylic acids is 1. The van der Waals surface area contributed by atoms with Gasteiger partial charge in [0.05, 0.1) is 41.1 Å². The molecule has 5 nitrogen and oxygen atoms in total. The van der Waals surface area contributed by atoms with Crippen LogP contribution in [0, 0.1) is 0 Å². The number of aliphatic hydroxyl groups excluding tert-OH is 2. The highest BCUT2D eigenvalue weighted by Crippen LogP contribution is 2.29. The number of hydrogen-bond acceptors (Lipinski definition) is 5. The molecule has 0 spiro atoms. The number of aliphatic hydroxyl groups is 2. The van der Waals surface area contributed by atoms with Gasteiger partial charge < -0.3 is 20.3 Å². The quantitative estimate of drug-likeness (QED) is 0.718. The van der Waals surface area contributed by atoms with Gasteiger partial charge in [-0.2, -0.15) is 0 Å². The van der Waals surface area contributed by atoms with Crippen molar-refractivity contribution in [3.05, 3.63) is 27.7 Å².